The van der Waals surface area contributed by atoms with E-state index in [1.54, 1.807) is 6.92 Å². The van der Waals surface area contributed by atoms with E-state index in [1.165, 1.54) is 0 Å². The molecular weight excluding hydrogens is 312 g/mol. The number of carbonyl (C=O) groups is 2. The summed E-state index contributed by atoms with van der Waals surface area (Å²) in [6.07, 6.45) is 1.47. The van der Waals surface area contributed by atoms with Gasteiger partial charge >= 0.3 is 0 Å². The average molecular weight is 330 g/mol. The molecule has 1 atom stereocenters. The SMILES string of the molecule is Cc1nsc(C(=O)N[C@H](CN2CCCC2=O)c2ccccc2)n1. The Bertz CT molecular complexity index is 701. The van der Waals surface area contributed by atoms with Gasteiger partial charge in [0.05, 0.1) is 6.04 Å². The van der Waals surface area contributed by atoms with E-state index in [9.17, 15) is 9.59 Å². The molecule has 2 amide bonds. The number of rotatable bonds is 5. The van der Waals surface area contributed by atoms with Crippen molar-refractivity contribution >= 4 is 23.3 Å². The lowest BCUT2D eigenvalue weighted by Gasteiger charge is -2.24. The molecule has 3 rings (SSSR count). The molecule has 1 saturated heterocycles. The Kier molecular flexibility index (Phi) is 4.66. The maximum atomic E-state index is 12.4. The van der Waals surface area contributed by atoms with Gasteiger partial charge in [0.1, 0.15) is 5.82 Å². The summed E-state index contributed by atoms with van der Waals surface area (Å²) >= 11 is 1.08. The van der Waals surface area contributed by atoms with Crippen molar-refractivity contribution in [3.63, 3.8) is 0 Å². The second kappa shape index (κ2) is 6.87. The molecule has 1 aliphatic rings. The van der Waals surface area contributed by atoms with Gasteiger partial charge in [0, 0.05) is 19.5 Å². The number of carbonyl (C=O) groups excluding carboxylic acids is 2. The third-order valence-electron chi connectivity index (χ3n) is 3.80. The minimum Gasteiger partial charge on any atom is -0.341 e. The Hall–Kier alpha value is -2.28. The number of likely N-dealkylation sites (tertiary alicyclic amines) is 1. The van der Waals surface area contributed by atoms with Crippen molar-refractivity contribution in [2.75, 3.05) is 13.1 Å². The fourth-order valence-corrected chi connectivity index (χ4v) is 3.22. The first kappa shape index (κ1) is 15.6. The lowest BCUT2D eigenvalue weighted by molar-refractivity contribution is -0.128. The molecule has 0 saturated carbocycles. The van der Waals surface area contributed by atoms with Crippen molar-refractivity contribution in [3.05, 3.63) is 46.7 Å². The summed E-state index contributed by atoms with van der Waals surface area (Å²) in [5.41, 5.74) is 0.974. The topological polar surface area (TPSA) is 75.2 Å². The minimum absolute atomic E-state index is 0.145. The molecule has 1 aromatic heterocycles. The van der Waals surface area contributed by atoms with Crippen molar-refractivity contribution < 1.29 is 9.59 Å². The van der Waals surface area contributed by atoms with Crippen molar-refractivity contribution in [1.29, 1.82) is 0 Å². The summed E-state index contributed by atoms with van der Waals surface area (Å²) in [5, 5.41) is 3.33. The molecule has 1 aliphatic heterocycles. The van der Waals surface area contributed by atoms with Crippen LogP contribution in [-0.2, 0) is 4.79 Å². The van der Waals surface area contributed by atoms with Crippen LogP contribution in [0.2, 0.25) is 0 Å². The van der Waals surface area contributed by atoms with Gasteiger partial charge in [0.2, 0.25) is 10.9 Å². The number of hydrogen-bond donors (Lipinski definition) is 1. The molecule has 7 heteroatoms. The molecule has 1 N–H and O–H groups in total. The zero-order valence-electron chi connectivity index (χ0n) is 12.9. The number of aryl methyl sites for hydroxylation is 1. The lowest BCUT2D eigenvalue weighted by atomic mass is 10.1. The molecule has 120 valence electrons. The van der Waals surface area contributed by atoms with Gasteiger partial charge in [-0.1, -0.05) is 30.3 Å². The number of aromatic nitrogens is 2. The third-order valence-corrected chi connectivity index (χ3v) is 4.61. The average Bonchev–Trinajstić information content (AvgIpc) is 3.16. The molecule has 2 heterocycles. The van der Waals surface area contributed by atoms with E-state index in [0.717, 1.165) is 30.1 Å². The van der Waals surface area contributed by atoms with E-state index < -0.39 is 0 Å². The Morgan fingerprint density at radius 2 is 2.17 bits per heavy atom. The van der Waals surface area contributed by atoms with Crippen LogP contribution in [0.25, 0.3) is 0 Å². The maximum Gasteiger partial charge on any atom is 0.282 e. The van der Waals surface area contributed by atoms with E-state index in [1.807, 2.05) is 35.2 Å². The fraction of sp³-hybridized carbons (Fsp3) is 0.375. The molecule has 0 aliphatic carbocycles. The third kappa shape index (κ3) is 3.73. The quantitative estimate of drug-likeness (QED) is 0.909. The van der Waals surface area contributed by atoms with Crippen LogP contribution in [0.1, 0.15) is 40.1 Å². The zero-order chi connectivity index (χ0) is 16.2. The molecule has 0 spiro atoms. The number of nitrogens with one attached hydrogen (secondary N) is 1. The molecule has 2 aromatic rings. The first-order chi connectivity index (χ1) is 11.1. The summed E-state index contributed by atoms with van der Waals surface area (Å²) in [6, 6.07) is 9.44. The fourth-order valence-electron chi connectivity index (χ4n) is 2.65. The largest absolute Gasteiger partial charge is 0.341 e. The second-order valence-electron chi connectivity index (χ2n) is 5.53. The van der Waals surface area contributed by atoms with E-state index >= 15 is 0 Å². The highest BCUT2D eigenvalue weighted by Gasteiger charge is 2.26. The van der Waals surface area contributed by atoms with Gasteiger partial charge in [0.25, 0.3) is 5.91 Å². The van der Waals surface area contributed by atoms with Crippen LogP contribution in [0.5, 0.6) is 0 Å². The van der Waals surface area contributed by atoms with Crippen LogP contribution in [0.3, 0.4) is 0 Å². The van der Waals surface area contributed by atoms with Gasteiger partial charge in [-0.25, -0.2) is 4.98 Å². The molecule has 1 fully saturated rings. The van der Waals surface area contributed by atoms with Crippen molar-refractivity contribution in [2.45, 2.75) is 25.8 Å². The van der Waals surface area contributed by atoms with Crippen LogP contribution in [0.15, 0.2) is 30.3 Å². The van der Waals surface area contributed by atoms with Gasteiger partial charge < -0.3 is 10.2 Å². The number of nitrogens with zero attached hydrogens (tertiary/aromatic N) is 3. The summed E-state index contributed by atoms with van der Waals surface area (Å²) in [5.74, 6) is 0.481. The Morgan fingerprint density at radius 1 is 1.39 bits per heavy atom. The summed E-state index contributed by atoms with van der Waals surface area (Å²) in [7, 11) is 0. The molecular formula is C16H18N4O2S. The highest BCUT2D eigenvalue weighted by Crippen LogP contribution is 2.19. The maximum absolute atomic E-state index is 12.4. The van der Waals surface area contributed by atoms with E-state index in [2.05, 4.69) is 14.7 Å². The Labute approximate surface area is 138 Å². The van der Waals surface area contributed by atoms with E-state index in [0.29, 0.717) is 23.8 Å². The number of benzene rings is 1. The summed E-state index contributed by atoms with van der Waals surface area (Å²) in [4.78, 5) is 30.2. The first-order valence-corrected chi connectivity index (χ1v) is 8.35. The molecule has 0 unspecified atom stereocenters. The molecule has 1 aromatic carbocycles. The van der Waals surface area contributed by atoms with Crippen LogP contribution in [0, 0.1) is 6.92 Å². The summed E-state index contributed by atoms with van der Waals surface area (Å²) in [6.45, 7) is 2.98. The second-order valence-corrected chi connectivity index (χ2v) is 6.28. The Balaban J connectivity index is 1.77. The highest BCUT2D eigenvalue weighted by atomic mass is 32.1. The molecule has 0 radical (unpaired) electrons. The standard InChI is InChI=1S/C16H18N4O2S/c1-11-17-16(23-19-11)15(22)18-13(12-6-3-2-4-7-12)10-20-9-5-8-14(20)21/h2-4,6-7,13H,5,8-10H2,1H3,(H,18,22)/t13-/m1/s1. The van der Waals surface area contributed by atoms with Gasteiger partial charge in [-0.05, 0) is 30.4 Å². The van der Waals surface area contributed by atoms with Gasteiger partial charge in [0.15, 0.2) is 0 Å². The zero-order valence-corrected chi connectivity index (χ0v) is 13.7. The monoisotopic (exact) mass is 330 g/mol. The smallest absolute Gasteiger partial charge is 0.282 e. The number of hydrogen-bond acceptors (Lipinski definition) is 5. The van der Waals surface area contributed by atoms with Gasteiger partial charge in [-0.2, -0.15) is 4.37 Å². The predicted molar refractivity (Wildman–Crippen MR) is 87.1 cm³/mol. The van der Waals surface area contributed by atoms with Gasteiger partial charge in [-0.3, -0.25) is 9.59 Å². The van der Waals surface area contributed by atoms with Crippen molar-refractivity contribution in [1.82, 2.24) is 19.6 Å². The van der Waals surface area contributed by atoms with E-state index in [4.69, 9.17) is 0 Å². The van der Waals surface area contributed by atoms with E-state index in [-0.39, 0.29) is 17.9 Å². The first-order valence-electron chi connectivity index (χ1n) is 7.57. The van der Waals surface area contributed by atoms with Crippen LogP contribution < -0.4 is 5.32 Å². The number of amides is 2. The molecule has 0 bridgehead atoms. The van der Waals surface area contributed by atoms with Gasteiger partial charge in [-0.15, -0.1) is 0 Å². The molecule has 6 nitrogen and oxygen atoms in total. The van der Waals surface area contributed by atoms with Crippen molar-refractivity contribution in [3.8, 4) is 0 Å². The van der Waals surface area contributed by atoms with Crippen molar-refractivity contribution in [2.24, 2.45) is 0 Å². The normalized spacial score (nSPS) is 15.7. The Morgan fingerprint density at radius 3 is 2.78 bits per heavy atom. The van der Waals surface area contributed by atoms with Crippen LogP contribution >= 0.6 is 11.5 Å². The predicted octanol–water partition coefficient (Wildman–Crippen LogP) is 1.94. The van der Waals surface area contributed by atoms with Crippen LogP contribution in [0.4, 0.5) is 0 Å². The molecule has 23 heavy (non-hydrogen) atoms. The summed E-state index contributed by atoms with van der Waals surface area (Å²) < 4.78 is 4.04. The highest BCUT2D eigenvalue weighted by molar-refractivity contribution is 7.07. The lowest BCUT2D eigenvalue weighted by Crippen LogP contribution is -2.38. The van der Waals surface area contributed by atoms with Crippen LogP contribution in [-0.4, -0.2) is 39.2 Å². The minimum atomic E-state index is -0.255.